The molecule has 5 nitrogen and oxygen atoms in total. The Kier molecular flexibility index (Phi) is 7.50. The molecule has 0 spiro atoms. The first-order chi connectivity index (χ1) is 14.5. The Hall–Kier alpha value is -2.82. The van der Waals surface area contributed by atoms with Gasteiger partial charge in [-0.2, -0.15) is 0 Å². The van der Waals surface area contributed by atoms with E-state index in [0.717, 1.165) is 42.0 Å². The normalized spacial score (nSPS) is 11.4. The number of rotatable bonds is 10. The van der Waals surface area contributed by atoms with Gasteiger partial charge in [-0.05, 0) is 48.6 Å². The number of hydrogen-bond acceptors (Lipinski definition) is 3. The van der Waals surface area contributed by atoms with Crippen molar-refractivity contribution in [3.05, 3.63) is 59.9 Å². The first kappa shape index (κ1) is 21.9. The van der Waals surface area contributed by atoms with Crippen molar-refractivity contribution < 1.29 is 9.53 Å². The van der Waals surface area contributed by atoms with Crippen LogP contribution in [0.3, 0.4) is 0 Å². The Morgan fingerprint density at radius 1 is 1.03 bits per heavy atom. The third-order valence-electron chi connectivity index (χ3n) is 5.27. The maximum Gasteiger partial charge on any atom is 0.222 e. The van der Waals surface area contributed by atoms with Crippen LogP contribution >= 0.6 is 0 Å². The van der Waals surface area contributed by atoms with Gasteiger partial charge >= 0.3 is 0 Å². The smallest absolute Gasteiger partial charge is 0.222 e. The van der Waals surface area contributed by atoms with E-state index in [-0.39, 0.29) is 11.8 Å². The summed E-state index contributed by atoms with van der Waals surface area (Å²) in [5, 5.41) is 2.99. The van der Waals surface area contributed by atoms with Crippen LogP contribution in [0.2, 0.25) is 0 Å². The largest absolute Gasteiger partial charge is 0.494 e. The van der Waals surface area contributed by atoms with Crippen molar-refractivity contribution in [2.45, 2.75) is 59.5 Å². The Balaban J connectivity index is 1.55. The highest BCUT2D eigenvalue weighted by atomic mass is 16.5. The number of hydrogen-bond donors (Lipinski definition) is 1. The first-order valence-corrected chi connectivity index (χ1v) is 10.9. The van der Waals surface area contributed by atoms with Crippen molar-refractivity contribution >= 4 is 16.9 Å². The predicted octanol–water partition coefficient (Wildman–Crippen LogP) is 5.29. The molecule has 0 fully saturated rings. The van der Waals surface area contributed by atoms with Crippen LogP contribution in [-0.4, -0.2) is 22.1 Å². The number of nitrogens with zero attached hydrogens (tertiary/aromatic N) is 2. The highest BCUT2D eigenvalue weighted by Crippen LogP contribution is 2.20. The summed E-state index contributed by atoms with van der Waals surface area (Å²) in [4.78, 5) is 16.7. The lowest BCUT2D eigenvalue weighted by Crippen LogP contribution is -2.28. The summed E-state index contributed by atoms with van der Waals surface area (Å²) in [5.74, 6) is 2.36. The molecule has 3 aromatic rings. The first-order valence-electron chi connectivity index (χ1n) is 10.9. The van der Waals surface area contributed by atoms with E-state index >= 15 is 0 Å². The second kappa shape index (κ2) is 10.3. The average Bonchev–Trinajstić information content (AvgIpc) is 3.09. The Bertz CT molecular complexity index is 958. The molecule has 160 valence electrons. The maximum atomic E-state index is 12.0. The fourth-order valence-electron chi connectivity index (χ4n) is 3.39. The van der Waals surface area contributed by atoms with Gasteiger partial charge in [0.25, 0.3) is 0 Å². The van der Waals surface area contributed by atoms with Crippen molar-refractivity contribution in [2.75, 3.05) is 6.61 Å². The lowest BCUT2D eigenvalue weighted by molar-refractivity contribution is -0.124. The number of unbranched alkanes of at least 4 members (excludes halogenated alkanes) is 1. The average molecular weight is 408 g/mol. The SMILES string of the molecule is CC(C)C(=O)NCc1nc2ccccc2n1CCCCOc1ccc(C(C)C)cc1. The van der Waals surface area contributed by atoms with E-state index in [1.54, 1.807) is 0 Å². The summed E-state index contributed by atoms with van der Waals surface area (Å²) in [6.07, 6.45) is 1.94. The van der Waals surface area contributed by atoms with Gasteiger partial charge in [0.2, 0.25) is 5.91 Å². The Morgan fingerprint density at radius 2 is 1.77 bits per heavy atom. The molecule has 2 aromatic carbocycles. The summed E-state index contributed by atoms with van der Waals surface area (Å²) < 4.78 is 8.12. The molecule has 0 saturated heterocycles. The van der Waals surface area contributed by atoms with Crippen molar-refractivity contribution in [2.24, 2.45) is 5.92 Å². The molecule has 1 amide bonds. The zero-order valence-corrected chi connectivity index (χ0v) is 18.5. The van der Waals surface area contributed by atoms with Gasteiger partial charge in [-0.15, -0.1) is 0 Å². The number of ether oxygens (including phenoxy) is 1. The summed E-state index contributed by atoms with van der Waals surface area (Å²) in [6.45, 7) is 10.2. The fraction of sp³-hybridized carbons (Fsp3) is 0.440. The molecule has 0 saturated carbocycles. The molecule has 30 heavy (non-hydrogen) atoms. The lowest BCUT2D eigenvalue weighted by Gasteiger charge is -2.12. The number of aromatic nitrogens is 2. The molecule has 0 aliphatic carbocycles. The quantitative estimate of drug-likeness (QED) is 0.465. The summed E-state index contributed by atoms with van der Waals surface area (Å²) in [5.41, 5.74) is 3.40. The van der Waals surface area contributed by atoms with Gasteiger partial charge in [-0.1, -0.05) is 52.0 Å². The van der Waals surface area contributed by atoms with Crippen molar-refractivity contribution in [3.63, 3.8) is 0 Å². The number of carbonyl (C=O) groups is 1. The number of para-hydroxylation sites is 2. The second-order valence-electron chi connectivity index (χ2n) is 8.32. The number of imidazole rings is 1. The minimum Gasteiger partial charge on any atom is -0.494 e. The van der Waals surface area contributed by atoms with Crippen molar-refractivity contribution in [3.8, 4) is 5.75 Å². The highest BCUT2D eigenvalue weighted by molar-refractivity contribution is 5.78. The zero-order valence-electron chi connectivity index (χ0n) is 18.5. The van der Waals surface area contributed by atoms with Gasteiger partial charge in [0.05, 0.1) is 24.2 Å². The minimum absolute atomic E-state index is 0.0328. The van der Waals surface area contributed by atoms with E-state index in [1.807, 2.05) is 44.2 Å². The summed E-state index contributed by atoms with van der Waals surface area (Å²) >= 11 is 0. The number of benzene rings is 2. The topological polar surface area (TPSA) is 56.2 Å². The Morgan fingerprint density at radius 3 is 2.47 bits per heavy atom. The van der Waals surface area contributed by atoms with Crippen LogP contribution in [0.4, 0.5) is 0 Å². The van der Waals surface area contributed by atoms with E-state index in [9.17, 15) is 4.79 Å². The minimum atomic E-state index is -0.0328. The summed E-state index contributed by atoms with van der Waals surface area (Å²) in [7, 11) is 0. The van der Waals surface area contributed by atoms with E-state index in [1.165, 1.54) is 5.56 Å². The third kappa shape index (κ3) is 5.62. The summed E-state index contributed by atoms with van der Waals surface area (Å²) in [6, 6.07) is 16.5. The van der Waals surface area contributed by atoms with Crippen LogP contribution in [0.25, 0.3) is 11.0 Å². The maximum absolute atomic E-state index is 12.0. The highest BCUT2D eigenvalue weighted by Gasteiger charge is 2.12. The van der Waals surface area contributed by atoms with E-state index in [4.69, 9.17) is 9.72 Å². The van der Waals surface area contributed by atoms with Gasteiger partial charge in [0.1, 0.15) is 11.6 Å². The molecule has 1 N–H and O–H groups in total. The van der Waals surface area contributed by atoms with Crippen LogP contribution in [0.5, 0.6) is 5.75 Å². The standard InChI is InChI=1S/C25H33N3O2/c1-18(2)20-11-13-21(14-12-20)30-16-8-7-15-28-23-10-6-5-9-22(23)27-24(28)17-26-25(29)19(3)4/h5-6,9-14,18-19H,7-8,15-17H2,1-4H3,(H,26,29). The third-order valence-corrected chi connectivity index (χ3v) is 5.27. The predicted molar refractivity (Wildman–Crippen MR) is 122 cm³/mol. The molecule has 3 rings (SSSR count). The van der Waals surface area contributed by atoms with E-state index in [0.29, 0.717) is 19.1 Å². The monoisotopic (exact) mass is 407 g/mol. The fourth-order valence-corrected chi connectivity index (χ4v) is 3.39. The van der Waals surface area contributed by atoms with Crippen LogP contribution in [-0.2, 0) is 17.9 Å². The molecular weight excluding hydrogens is 374 g/mol. The molecular formula is C25H33N3O2. The Labute approximate surface area is 179 Å². The number of fused-ring (bicyclic) bond motifs is 1. The number of amides is 1. The number of carbonyl (C=O) groups excluding carboxylic acids is 1. The number of nitrogens with one attached hydrogen (secondary N) is 1. The van der Waals surface area contributed by atoms with Crippen molar-refractivity contribution in [1.29, 1.82) is 0 Å². The van der Waals surface area contributed by atoms with E-state index < -0.39 is 0 Å². The zero-order chi connectivity index (χ0) is 21.5. The van der Waals surface area contributed by atoms with Crippen LogP contribution in [0.15, 0.2) is 48.5 Å². The van der Waals surface area contributed by atoms with Crippen LogP contribution < -0.4 is 10.1 Å². The molecule has 0 bridgehead atoms. The molecule has 0 unspecified atom stereocenters. The van der Waals surface area contributed by atoms with Crippen LogP contribution in [0.1, 0.15) is 57.8 Å². The second-order valence-corrected chi connectivity index (χ2v) is 8.32. The van der Waals surface area contributed by atoms with Gasteiger partial charge < -0.3 is 14.6 Å². The van der Waals surface area contributed by atoms with Gasteiger partial charge in [0.15, 0.2) is 0 Å². The van der Waals surface area contributed by atoms with Gasteiger partial charge in [0, 0.05) is 12.5 Å². The van der Waals surface area contributed by atoms with E-state index in [2.05, 4.69) is 41.9 Å². The van der Waals surface area contributed by atoms with Crippen molar-refractivity contribution in [1.82, 2.24) is 14.9 Å². The molecule has 0 atom stereocenters. The van der Waals surface area contributed by atoms with Gasteiger partial charge in [-0.25, -0.2) is 4.98 Å². The number of aryl methyl sites for hydroxylation is 1. The molecule has 1 heterocycles. The van der Waals surface area contributed by atoms with Gasteiger partial charge in [-0.3, -0.25) is 4.79 Å². The molecule has 0 aliphatic rings. The molecule has 0 radical (unpaired) electrons. The molecule has 1 aromatic heterocycles. The molecule has 0 aliphatic heterocycles. The van der Waals surface area contributed by atoms with Crippen LogP contribution in [0, 0.1) is 5.92 Å². The molecule has 5 heteroatoms. The lowest BCUT2D eigenvalue weighted by atomic mass is 10.0.